The zero-order valence-electron chi connectivity index (χ0n) is 22.1. The van der Waals surface area contributed by atoms with Crippen molar-refractivity contribution < 1.29 is 0 Å². The van der Waals surface area contributed by atoms with Crippen LogP contribution in [0.5, 0.6) is 0 Å². The monoisotopic (exact) mass is 473 g/mol. The predicted molar refractivity (Wildman–Crippen MR) is 140 cm³/mol. The van der Waals surface area contributed by atoms with Crippen LogP contribution in [-0.4, -0.2) is 34.0 Å². The topological polar surface area (TPSA) is 56.7 Å². The van der Waals surface area contributed by atoms with Crippen molar-refractivity contribution in [3.05, 3.63) is 82.5 Å². The van der Waals surface area contributed by atoms with Gasteiger partial charge in [0, 0.05) is 62.1 Å². The maximum atomic E-state index is 4.85. The van der Waals surface area contributed by atoms with Gasteiger partial charge in [-0.05, 0) is 63.8 Å². The second-order valence-corrected chi connectivity index (χ2v) is 9.54. The Morgan fingerprint density at radius 3 is 2.31 bits per heavy atom. The van der Waals surface area contributed by atoms with Crippen molar-refractivity contribution in [2.45, 2.75) is 87.1 Å². The Balaban J connectivity index is 1.67. The van der Waals surface area contributed by atoms with Crippen molar-refractivity contribution in [2.75, 3.05) is 0 Å². The molecule has 3 heterocycles. The summed E-state index contributed by atoms with van der Waals surface area (Å²) in [5.41, 5.74) is 9.88. The Kier molecular flexibility index (Phi) is 7.86. The van der Waals surface area contributed by atoms with Gasteiger partial charge in [0.05, 0.1) is 23.4 Å². The lowest BCUT2D eigenvalue weighted by atomic mass is 10.1. The average molecular weight is 474 g/mol. The van der Waals surface area contributed by atoms with E-state index >= 15 is 0 Å². The number of aromatic nitrogens is 6. The van der Waals surface area contributed by atoms with Crippen molar-refractivity contribution in [1.82, 2.24) is 34.0 Å². The number of rotatable bonds is 11. The summed E-state index contributed by atoms with van der Waals surface area (Å²) < 4.78 is 6.43. The molecule has 7 nitrogen and oxygen atoms in total. The summed E-state index contributed by atoms with van der Waals surface area (Å²) in [7, 11) is 0. The Morgan fingerprint density at radius 2 is 1.60 bits per heavy atom. The van der Waals surface area contributed by atoms with Gasteiger partial charge in [0.15, 0.2) is 0 Å². The highest BCUT2D eigenvalue weighted by molar-refractivity contribution is 5.36. The largest absolute Gasteiger partial charge is 0.306 e. The van der Waals surface area contributed by atoms with Crippen LogP contribution in [0.25, 0.3) is 5.69 Å². The quantitative estimate of drug-likeness (QED) is 0.288. The van der Waals surface area contributed by atoms with Crippen LogP contribution < -0.4 is 0 Å². The summed E-state index contributed by atoms with van der Waals surface area (Å²) in [5, 5.41) is 9.69. The van der Waals surface area contributed by atoms with E-state index in [0.29, 0.717) is 0 Å². The molecule has 0 radical (unpaired) electrons. The van der Waals surface area contributed by atoms with Crippen LogP contribution in [0.4, 0.5) is 0 Å². The van der Waals surface area contributed by atoms with E-state index in [1.54, 1.807) is 0 Å². The fourth-order valence-electron chi connectivity index (χ4n) is 4.80. The average Bonchev–Trinajstić information content (AvgIpc) is 3.53. The minimum Gasteiger partial charge on any atom is -0.306 e. The van der Waals surface area contributed by atoms with E-state index in [4.69, 9.17) is 10.2 Å². The van der Waals surface area contributed by atoms with E-state index in [2.05, 4.69) is 89.6 Å². The summed E-state index contributed by atoms with van der Waals surface area (Å²) >= 11 is 0. The molecule has 1 aromatic carbocycles. The number of nitrogens with zero attached hydrogens (tertiary/aromatic N) is 7. The van der Waals surface area contributed by atoms with Crippen molar-refractivity contribution in [2.24, 2.45) is 0 Å². The van der Waals surface area contributed by atoms with Gasteiger partial charge in [-0.1, -0.05) is 26.0 Å². The van der Waals surface area contributed by atoms with Crippen LogP contribution in [0.3, 0.4) is 0 Å². The third-order valence-electron chi connectivity index (χ3n) is 6.83. The first-order chi connectivity index (χ1) is 16.9. The van der Waals surface area contributed by atoms with Crippen LogP contribution in [0.15, 0.2) is 43.0 Å². The molecule has 7 heteroatoms. The van der Waals surface area contributed by atoms with Crippen LogP contribution in [0.1, 0.15) is 66.2 Å². The Hall–Kier alpha value is -3.19. The highest BCUT2D eigenvalue weighted by Crippen LogP contribution is 2.23. The second-order valence-electron chi connectivity index (χ2n) is 9.54. The van der Waals surface area contributed by atoms with Gasteiger partial charge in [0.1, 0.15) is 0 Å². The zero-order chi connectivity index (χ0) is 24.9. The molecular weight excluding hydrogens is 434 g/mol. The SMILES string of the molecule is CCCn1nc(C)c(CN(Cc2cccc(-n3ccnc3)c2)Cc2c(C)c(C)nn2CCC)c1C. The molecule has 3 aromatic heterocycles. The van der Waals surface area contributed by atoms with Gasteiger partial charge in [-0.25, -0.2) is 4.98 Å². The Morgan fingerprint density at radius 1 is 0.857 bits per heavy atom. The molecule has 0 N–H and O–H groups in total. The van der Waals surface area contributed by atoms with Gasteiger partial charge in [-0.2, -0.15) is 10.2 Å². The molecule has 0 aliphatic carbocycles. The first-order valence-electron chi connectivity index (χ1n) is 12.8. The molecule has 4 aromatic rings. The third kappa shape index (κ3) is 5.56. The minimum absolute atomic E-state index is 0.843. The smallest absolute Gasteiger partial charge is 0.0991 e. The molecular formula is C28H39N7. The summed E-state index contributed by atoms with van der Waals surface area (Å²) in [6.07, 6.45) is 7.81. The van der Waals surface area contributed by atoms with Gasteiger partial charge < -0.3 is 4.57 Å². The van der Waals surface area contributed by atoms with E-state index in [1.165, 1.54) is 28.1 Å². The summed E-state index contributed by atoms with van der Waals surface area (Å²) in [6, 6.07) is 8.74. The van der Waals surface area contributed by atoms with Crippen LogP contribution >= 0.6 is 0 Å². The number of aryl methyl sites for hydroxylation is 4. The van der Waals surface area contributed by atoms with Crippen molar-refractivity contribution in [3.8, 4) is 5.69 Å². The van der Waals surface area contributed by atoms with Gasteiger partial charge >= 0.3 is 0 Å². The highest BCUT2D eigenvalue weighted by Gasteiger charge is 2.20. The van der Waals surface area contributed by atoms with Gasteiger partial charge in [-0.15, -0.1) is 0 Å². The van der Waals surface area contributed by atoms with E-state index in [0.717, 1.165) is 62.6 Å². The Bertz CT molecular complexity index is 1250. The standard InChI is InChI=1S/C28H39N7/c1-7-13-34-24(6)27(23(5)31-34)18-32(19-28-21(3)22(4)30-35(28)14-8-2)17-25-10-9-11-26(16-25)33-15-12-29-20-33/h9-12,15-16,20H,7-8,13-14,17-19H2,1-6H3. The maximum Gasteiger partial charge on any atom is 0.0991 e. The minimum atomic E-state index is 0.843. The number of hydrogen-bond donors (Lipinski definition) is 0. The molecule has 0 aliphatic heterocycles. The molecule has 0 saturated carbocycles. The summed E-state index contributed by atoms with van der Waals surface area (Å²) in [4.78, 5) is 6.75. The van der Waals surface area contributed by atoms with Gasteiger partial charge in [0.25, 0.3) is 0 Å². The van der Waals surface area contributed by atoms with Crippen LogP contribution in [0, 0.1) is 27.7 Å². The first kappa shape index (κ1) is 24.9. The Labute approximate surface area is 209 Å². The van der Waals surface area contributed by atoms with E-state index in [1.807, 2.05) is 18.7 Å². The lowest BCUT2D eigenvalue weighted by Crippen LogP contribution is -2.25. The van der Waals surface area contributed by atoms with Crippen molar-refractivity contribution >= 4 is 0 Å². The van der Waals surface area contributed by atoms with Crippen LogP contribution in [-0.2, 0) is 32.7 Å². The number of imidazole rings is 1. The second kappa shape index (κ2) is 11.0. The molecule has 0 aliphatic rings. The lowest BCUT2D eigenvalue weighted by molar-refractivity contribution is 0.237. The van der Waals surface area contributed by atoms with Crippen molar-refractivity contribution in [3.63, 3.8) is 0 Å². The first-order valence-corrected chi connectivity index (χ1v) is 12.8. The maximum absolute atomic E-state index is 4.85. The molecule has 0 amide bonds. The molecule has 35 heavy (non-hydrogen) atoms. The van der Waals surface area contributed by atoms with Gasteiger partial charge in [-0.3, -0.25) is 14.3 Å². The normalized spacial score (nSPS) is 11.6. The molecule has 0 atom stereocenters. The summed E-state index contributed by atoms with van der Waals surface area (Å²) in [6.45, 7) is 17.5. The molecule has 4 rings (SSSR count). The number of hydrogen-bond acceptors (Lipinski definition) is 4. The third-order valence-corrected chi connectivity index (χ3v) is 6.83. The number of benzene rings is 1. The van der Waals surface area contributed by atoms with E-state index < -0.39 is 0 Å². The highest BCUT2D eigenvalue weighted by atomic mass is 15.3. The molecule has 186 valence electrons. The molecule has 0 unspecified atom stereocenters. The molecule has 0 bridgehead atoms. The zero-order valence-corrected chi connectivity index (χ0v) is 22.1. The fourth-order valence-corrected chi connectivity index (χ4v) is 4.80. The predicted octanol–water partition coefficient (Wildman–Crippen LogP) is 5.52. The summed E-state index contributed by atoms with van der Waals surface area (Å²) in [5.74, 6) is 0. The van der Waals surface area contributed by atoms with E-state index in [-0.39, 0.29) is 0 Å². The molecule has 0 spiro atoms. The molecule has 0 saturated heterocycles. The lowest BCUT2D eigenvalue weighted by Gasteiger charge is -2.24. The van der Waals surface area contributed by atoms with Gasteiger partial charge in [0.2, 0.25) is 0 Å². The van der Waals surface area contributed by atoms with Crippen molar-refractivity contribution in [1.29, 1.82) is 0 Å². The van der Waals surface area contributed by atoms with E-state index in [9.17, 15) is 0 Å². The van der Waals surface area contributed by atoms with Crippen LogP contribution in [0.2, 0.25) is 0 Å². The molecule has 0 fully saturated rings. The fraction of sp³-hybridized carbons (Fsp3) is 0.464.